The van der Waals surface area contributed by atoms with Crippen LogP contribution in [0.5, 0.6) is 0 Å². The molecule has 3 saturated heterocycles. The second-order valence-corrected chi connectivity index (χ2v) is 15.3. The van der Waals surface area contributed by atoms with Gasteiger partial charge in [-0.05, 0) is 98.3 Å². The van der Waals surface area contributed by atoms with E-state index < -0.39 is 0 Å². The van der Waals surface area contributed by atoms with E-state index in [9.17, 15) is 4.39 Å². The van der Waals surface area contributed by atoms with Crippen LogP contribution in [0.1, 0.15) is 25.7 Å². The fraction of sp³-hybridized carbons (Fsp3) is 0.350. The van der Waals surface area contributed by atoms with Crippen LogP contribution in [-0.4, -0.2) is 82.9 Å². The van der Waals surface area contributed by atoms with Gasteiger partial charge in [0, 0.05) is 123 Å². The lowest BCUT2D eigenvalue weighted by atomic mass is 9.95. The van der Waals surface area contributed by atoms with Gasteiger partial charge in [-0.15, -0.1) is 0 Å². The molecule has 3 fully saturated rings. The minimum atomic E-state index is -0.366. The summed E-state index contributed by atoms with van der Waals surface area (Å²) < 4.78 is 37.1. The number of nitrogens with one attached hydrogen (secondary N) is 1. The van der Waals surface area contributed by atoms with E-state index >= 15 is 4.39 Å². The molecule has 0 aliphatic carbocycles. The normalized spacial score (nSPS) is 17.6. The smallest absolute Gasteiger partial charge is 0.155 e. The average molecular weight is 741 g/mol. The SMILES string of the molecule is Fc1cccc(N2CCC(CN3CCN(c4ccc(-n5cc(-c6cc(Cl)cc(NSN7CCCC7)c6F)c(-c6ccncc6)n5)cc4)CC3)CC2)c1. The minimum absolute atomic E-state index is 0.169. The highest BCUT2D eigenvalue weighted by atomic mass is 35.5. The van der Waals surface area contributed by atoms with Crippen molar-refractivity contribution in [3.63, 3.8) is 0 Å². The molecule has 1 N–H and O–H groups in total. The summed E-state index contributed by atoms with van der Waals surface area (Å²) in [6, 6.07) is 22.5. The summed E-state index contributed by atoms with van der Waals surface area (Å²) in [5, 5.41) is 5.42. The van der Waals surface area contributed by atoms with Crippen LogP contribution in [0, 0.1) is 17.6 Å². The molecule has 12 heteroatoms. The molecular weight excluding hydrogens is 698 g/mol. The molecule has 2 aromatic heterocycles. The van der Waals surface area contributed by atoms with E-state index in [1.807, 2.05) is 29.1 Å². The topological polar surface area (TPSA) is 55.7 Å². The lowest BCUT2D eigenvalue weighted by molar-refractivity contribution is 0.201. The van der Waals surface area contributed by atoms with E-state index in [1.54, 1.807) is 36.7 Å². The van der Waals surface area contributed by atoms with Gasteiger partial charge in [0.2, 0.25) is 0 Å². The molecule has 0 atom stereocenters. The zero-order valence-corrected chi connectivity index (χ0v) is 30.7. The molecule has 3 aliphatic rings. The first kappa shape index (κ1) is 34.9. The number of piperazine rings is 1. The summed E-state index contributed by atoms with van der Waals surface area (Å²) in [5.41, 5.74) is 5.95. The van der Waals surface area contributed by atoms with Crippen molar-refractivity contribution in [3.8, 4) is 28.1 Å². The maximum absolute atomic E-state index is 16.2. The first-order valence-corrected chi connectivity index (χ1v) is 19.4. The molecule has 5 aromatic rings. The van der Waals surface area contributed by atoms with Gasteiger partial charge in [-0.1, -0.05) is 17.7 Å². The molecule has 52 heavy (non-hydrogen) atoms. The van der Waals surface area contributed by atoms with Crippen molar-refractivity contribution >= 4 is 40.8 Å². The Morgan fingerprint density at radius 2 is 1.46 bits per heavy atom. The summed E-state index contributed by atoms with van der Waals surface area (Å²) in [6.45, 7) is 9.03. The van der Waals surface area contributed by atoms with E-state index in [0.717, 1.165) is 102 Å². The Hall–Kier alpha value is -4.16. The predicted octanol–water partition coefficient (Wildman–Crippen LogP) is 8.64. The van der Waals surface area contributed by atoms with Gasteiger partial charge in [-0.2, -0.15) is 5.10 Å². The summed E-state index contributed by atoms with van der Waals surface area (Å²) in [5.74, 6) is 0.135. The van der Waals surface area contributed by atoms with Crippen molar-refractivity contribution in [1.29, 1.82) is 0 Å². The molecule has 0 unspecified atom stereocenters. The predicted molar refractivity (Wildman–Crippen MR) is 209 cm³/mol. The summed E-state index contributed by atoms with van der Waals surface area (Å²) in [7, 11) is 0. The van der Waals surface area contributed by atoms with E-state index in [-0.39, 0.29) is 11.6 Å². The van der Waals surface area contributed by atoms with E-state index in [1.165, 1.54) is 23.9 Å². The Kier molecular flexibility index (Phi) is 10.6. The number of pyridine rings is 1. The van der Waals surface area contributed by atoms with Crippen molar-refractivity contribution < 1.29 is 8.78 Å². The lowest BCUT2D eigenvalue weighted by Gasteiger charge is -2.40. The highest BCUT2D eigenvalue weighted by Gasteiger charge is 2.25. The van der Waals surface area contributed by atoms with Crippen LogP contribution < -0.4 is 14.5 Å². The first-order valence-electron chi connectivity index (χ1n) is 18.2. The van der Waals surface area contributed by atoms with Crippen molar-refractivity contribution in [1.82, 2.24) is 24.0 Å². The van der Waals surface area contributed by atoms with E-state index in [4.69, 9.17) is 16.7 Å². The average Bonchev–Trinajstić information content (AvgIpc) is 3.87. The van der Waals surface area contributed by atoms with Crippen molar-refractivity contribution in [2.45, 2.75) is 25.7 Å². The fourth-order valence-electron chi connectivity index (χ4n) is 7.60. The Labute approximate surface area is 313 Å². The van der Waals surface area contributed by atoms with Gasteiger partial charge in [0.25, 0.3) is 0 Å². The number of rotatable bonds is 10. The van der Waals surface area contributed by atoms with Crippen LogP contribution in [0.15, 0.2) is 91.4 Å². The summed E-state index contributed by atoms with van der Waals surface area (Å²) in [6.07, 6.45) is 9.89. The third-order valence-corrected chi connectivity index (χ3v) is 11.7. The number of nitrogens with zero attached hydrogens (tertiary/aromatic N) is 7. The highest BCUT2D eigenvalue weighted by Crippen LogP contribution is 2.39. The minimum Gasteiger partial charge on any atom is -0.371 e. The Morgan fingerprint density at radius 3 is 2.19 bits per heavy atom. The number of aromatic nitrogens is 3. The molecule has 0 saturated carbocycles. The van der Waals surface area contributed by atoms with Gasteiger partial charge in [0.15, 0.2) is 5.82 Å². The van der Waals surface area contributed by atoms with Crippen molar-refractivity contribution in [2.24, 2.45) is 5.92 Å². The van der Waals surface area contributed by atoms with Gasteiger partial charge in [-0.3, -0.25) is 9.88 Å². The standard InChI is InChI=1S/C40H43ClF2N8S/c41-31-24-36(39(43)38(25-31)46-52-50-16-1-2-17-50)37-28-51(45-40(37)30-10-14-44-15-11-30)34-8-6-33(7-9-34)49-22-20-47(21-23-49)27-29-12-18-48(19-13-29)35-5-3-4-32(42)26-35/h3-11,14-15,24-26,28-29,46H,1-2,12-13,16-23,27H2. The van der Waals surface area contributed by atoms with Crippen LogP contribution in [0.2, 0.25) is 5.02 Å². The van der Waals surface area contributed by atoms with Crippen LogP contribution in [0.4, 0.5) is 25.8 Å². The summed E-state index contributed by atoms with van der Waals surface area (Å²) >= 11 is 8.01. The quantitative estimate of drug-likeness (QED) is 0.143. The molecule has 8 rings (SSSR count). The zero-order chi connectivity index (χ0) is 35.4. The maximum Gasteiger partial charge on any atom is 0.155 e. The number of hydrogen-bond acceptors (Lipinski definition) is 8. The molecule has 8 nitrogen and oxygen atoms in total. The zero-order valence-electron chi connectivity index (χ0n) is 29.1. The highest BCUT2D eigenvalue weighted by molar-refractivity contribution is 7.98. The van der Waals surface area contributed by atoms with Gasteiger partial charge in [0.1, 0.15) is 11.5 Å². The summed E-state index contributed by atoms with van der Waals surface area (Å²) in [4.78, 5) is 11.5. The number of hydrogen-bond donors (Lipinski definition) is 1. The third-order valence-electron chi connectivity index (χ3n) is 10.5. The van der Waals surface area contributed by atoms with Gasteiger partial charge in [0.05, 0.1) is 11.4 Å². The fourth-order valence-corrected chi connectivity index (χ4v) is 8.63. The monoisotopic (exact) mass is 740 g/mol. The van der Waals surface area contributed by atoms with Crippen LogP contribution in [0.25, 0.3) is 28.1 Å². The van der Waals surface area contributed by atoms with Gasteiger partial charge >= 0.3 is 0 Å². The molecule has 3 aromatic carbocycles. The van der Waals surface area contributed by atoms with Crippen LogP contribution in [-0.2, 0) is 0 Å². The number of benzene rings is 3. The molecular formula is C40H43ClF2N8S. The number of halogens is 3. The lowest BCUT2D eigenvalue weighted by Crippen LogP contribution is -2.49. The van der Waals surface area contributed by atoms with Gasteiger partial charge < -0.3 is 14.5 Å². The Morgan fingerprint density at radius 1 is 0.750 bits per heavy atom. The number of anilines is 3. The number of piperidine rings is 1. The molecule has 0 spiro atoms. The maximum atomic E-state index is 16.2. The molecule has 3 aliphatic heterocycles. The second kappa shape index (κ2) is 15.8. The molecule has 0 amide bonds. The molecule has 5 heterocycles. The Balaban J connectivity index is 0.933. The van der Waals surface area contributed by atoms with Crippen LogP contribution in [0.3, 0.4) is 0 Å². The second-order valence-electron chi connectivity index (χ2n) is 13.9. The molecule has 0 radical (unpaired) electrons. The van der Waals surface area contributed by atoms with E-state index in [0.29, 0.717) is 33.4 Å². The molecule has 0 bridgehead atoms. The molecule has 270 valence electrons. The van der Waals surface area contributed by atoms with E-state index in [2.05, 4.69) is 53.0 Å². The van der Waals surface area contributed by atoms with Crippen LogP contribution >= 0.6 is 23.7 Å². The van der Waals surface area contributed by atoms with Crippen molar-refractivity contribution in [3.05, 3.63) is 108 Å². The Bertz CT molecular complexity index is 1950. The van der Waals surface area contributed by atoms with Gasteiger partial charge in [-0.25, -0.2) is 17.8 Å². The largest absolute Gasteiger partial charge is 0.371 e. The third kappa shape index (κ3) is 7.93. The van der Waals surface area contributed by atoms with Crippen molar-refractivity contribution in [2.75, 3.05) is 73.4 Å². The first-order chi connectivity index (χ1) is 25.5.